The van der Waals surface area contributed by atoms with E-state index in [1.165, 1.54) is 56.2 Å². The number of hydrogen-bond acceptors (Lipinski definition) is 2. The Hall–Kier alpha value is -0.890. The molecule has 2 unspecified atom stereocenters. The lowest BCUT2D eigenvalue weighted by molar-refractivity contribution is 0.263. The van der Waals surface area contributed by atoms with Gasteiger partial charge in [0.25, 0.3) is 0 Å². The van der Waals surface area contributed by atoms with Crippen LogP contribution in [0, 0.1) is 5.92 Å². The summed E-state index contributed by atoms with van der Waals surface area (Å²) in [5.74, 6) is 0.881. The van der Waals surface area contributed by atoms with E-state index in [0.29, 0.717) is 12.1 Å². The summed E-state index contributed by atoms with van der Waals surface area (Å²) in [6.45, 7) is 2.37. The minimum absolute atomic E-state index is 0.498. The van der Waals surface area contributed by atoms with E-state index in [1.54, 1.807) is 0 Å². The van der Waals surface area contributed by atoms with Crippen molar-refractivity contribution >= 4 is 0 Å². The molecule has 2 heteroatoms. The van der Waals surface area contributed by atoms with Crippen molar-refractivity contribution in [1.29, 1.82) is 0 Å². The third-order valence-corrected chi connectivity index (χ3v) is 4.78. The van der Waals surface area contributed by atoms with E-state index < -0.39 is 0 Å². The summed E-state index contributed by atoms with van der Waals surface area (Å²) in [4.78, 5) is 4.58. The van der Waals surface area contributed by atoms with Gasteiger partial charge in [0.05, 0.1) is 11.7 Å². The fourth-order valence-electron chi connectivity index (χ4n) is 3.66. The molecule has 0 amide bonds. The van der Waals surface area contributed by atoms with E-state index >= 15 is 0 Å². The predicted octanol–water partition coefficient (Wildman–Crippen LogP) is 3.63. The first-order valence-corrected chi connectivity index (χ1v) is 7.54. The molecule has 1 heterocycles. The molecule has 1 aromatic heterocycles. The summed E-state index contributed by atoms with van der Waals surface area (Å²) in [6, 6.07) is 5.43. The highest BCUT2D eigenvalue weighted by atomic mass is 15.0. The molecule has 18 heavy (non-hydrogen) atoms. The summed E-state index contributed by atoms with van der Waals surface area (Å²) < 4.78 is 0. The van der Waals surface area contributed by atoms with Gasteiger partial charge in [0.2, 0.25) is 0 Å². The summed E-state index contributed by atoms with van der Waals surface area (Å²) >= 11 is 0. The van der Waals surface area contributed by atoms with Gasteiger partial charge in [-0.1, -0.05) is 25.3 Å². The van der Waals surface area contributed by atoms with E-state index in [-0.39, 0.29) is 0 Å². The fraction of sp³-hybridized carbons (Fsp3) is 0.688. The number of aromatic nitrogens is 1. The summed E-state index contributed by atoms with van der Waals surface area (Å²) in [6.07, 6.45) is 11.5. The van der Waals surface area contributed by atoms with E-state index in [9.17, 15) is 0 Å². The molecule has 2 atom stereocenters. The first kappa shape index (κ1) is 12.2. The number of fused-ring (bicyclic) bond motifs is 1. The van der Waals surface area contributed by atoms with Crippen molar-refractivity contribution in [2.45, 2.75) is 64.0 Å². The molecule has 0 aliphatic heterocycles. The maximum Gasteiger partial charge on any atom is 0.0605 e. The van der Waals surface area contributed by atoms with Crippen LogP contribution < -0.4 is 5.32 Å². The van der Waals surface area contributed by atoms with Gasteiger partial charge in [0.1, 0.15) is 0 Å². The van der Waals surface area contributed by atoms with Gasteiger partial charge in [-0.25, -0.2) is 0 Å². The van der Waals surface area contributed by atoms with Crippen LogP contribution in [0.1, 0.15) is 62.7 Å². The van der Waals surface area contributed by atoms with Crippen LogP contribution in [0.5, 0.6) is 0 Å². The molecule has 1 N–H and O–H groups in total. The molecule has 0 saturated heterocycles. The van der Waals surface area contributed by atoms with Gasteiger partial charge in [-0.3, -0.25) is 4.98 Å². The molecule has 98 valence electrons. The lowest BCUT2D eigenvalue weighted by Gasteiger charge is -2.30. The van der Waals surface area contributed by atoms with Crippen molar-refractivity contribution in [3.05, 3.63) is 29.6 Å². The normalized spacial score (nSPS) is 25.9. The Bertz CT molecular complexity index is 396. The van der Waals surface area contributed by atoms with Gasteiger partial charge in [-0.15, -0.1) is 0 Å². The van der Waals surface area contributed by atoms with E-state index in [2.05, 4.69) is 29.4 Å². The molecule has 1 fully saturated rings. The van der Waals surface area contributed by atoms with Crippen LogP contribution >= 0.6 is 0 Å². The van der Waals surface area contributed by atoms with Crippen LogP contribution in [-0.2, 0) is 6.42 Å². The molecule has 2 aliphatic carbocycles. The van der Waals surface area contributed by atoms with E-state index in [1.807, 2.05) is 6.20 Å². The summed E-state index contributed by atoms with van der Waals surface area (Å²) in [5.41, 5.74) is 2.76. The molecule has 0 aromatic carbocycles. The van der Waals surface area contributed by atoms with Gasteiger partial charge in [0.15, 0.2) is 0 Å². The third kappa shape index (κ3) is 2.44. The van der Waals surface area contributed by atoms with Crippen molar-refractivity contribution < 1.29 is 0 Å². The molecule has 2 nitrogen and oxygen atoms in total. The van der Waals surface area contributed by atoms with Crippen molar-refractivity contribution in [1.82, 2.24) is 10.3 Å². The maximum absolute atomic E-state index is 4.58. The number of hydrogen-bond donors (Lipinski definition) is 1. The number of nitrogens with one attached hydrogen (secondary N) is 1. The number of nitrogens with zero attached hydrogens (tertiary/aromatic N) is 1. The molecule has 2 aliphatic rings. The lowest BCUT2D eigenvalue weighted by Crippen LogP contribution is -2.36. The smallest absolute Gasteiger partial charge is 0.0605 e. The first-order valence-electron chi connectivity index (χ1n) is 7.54. The van der Waals surface area contributed by atoms with Crippen LogP contribution in [-0.4, -0.2) is 11.0 Å². The summed E-state index contributed by atoms with van der Waals surface area (Å²) in [5, 5.41) is 3.84. The Morgan fingerprint density at radius 3 is 2.89 bits per heavy atom. The van der Waals surface area contributed by atoms with Gasteiger partial charge in [-0.05, 0) is 50.2 Å². The molecule has 1 saturated carbocycles. The van der Waals surface area contributed by atoms with Crippen LogP contribution in [0.2, 0.25) is 0 Å². The average Bonchev–Trinajstić information content (AvgIpc) is 2.83. The van der Waals surface area contributed by atoms with Crippen molar-refractivity contribution in [2.24, 2.45) is 5.92 Å². The highest BCUT2D eigenvalue weighted by Crippen LogP contribution is 2.32. The van der Waals surface area contributed by atoms with E-state index in [0.717, 1.165) is 5.92 Å². The monoisotopic (exact) mass is 244 g/mol. The second-order valence-electron chi connectivity index (χ2n) is 5.99. The largest absolute Gasteiger partial charge is 0.306 e. The minimum atomic E-state index is 0.498. The average molecular weight is 244 g/mol. The zero-order valence-corrected chi connectivity index (χ0v) is 11.4. The lowest BCUT2D eigenvalue weighted by atomic mass is 9.84. The molecule has 0 bridgehead atoms. The number of pyridine rings is 1. The molecular formula is C16H24N2. The highest BCUT2D eigenvalue weighted by molar-refractivity contribution is 5.28. The number of aryl methyl sites for hydroxylation is 1. The molecule has 0 radical (unpaired) electrons. The topological polar surface area (TPSA) is 24.9 Å². The third-order valence-electron chi connectivity index (χ3n) is 4.78. The standard InChI is InChI=1S/C16H24N2/c1-12(13-6-3-2-4-7-13)18-15-10-9-14-8-5-11-17-16(14)15/h5,8,11-13,15,18H,2-4,6-7,9-10H2,1H3. The van der Waals surface area contributed by atoms with Gasteiger partial charge >= 0.3 is 0 Å². The van der Waals surface area contributed by atoms with E-state index in [4.69, 9.17) is 0 Å². The predicted molar refractivity (Wildman–Crippen MR) is 74.5 cm³/mol. The van der Waals surface area contributed by atoms with Crippen LogP contribution in [0.15, 0.2) is 18.3 Å². The summed E-state index contributed by atoms with van der Waals surface area (Å²) in [7, 11) is 0. The molecular weight excluding hydrogens is 220 g/mol. The Balaban J connectivity index is 1.63. The fourth-order valence-corrected chi connectivity index (χ4v) is 3.66. The highest BCUT2D eigenvalue weighted by Gasteiger charge is 2.27. The van der Waals surface area contributed by atoms with Crippen molar-refractivity contribution in [3.63, 3.8) is 0 Å². The Morgan fingerprint density at radius 1 is 1.22 bits per heavy atom. The molecule has 3 rings (SSSR count). The second-order valence-corrected chi connectivity index (χ2v) is 5.99. The minimum Gasteiger partial charge on any atom is -0.306 e. The maximum atomic E-state index is 4.58. The first-order chi connectivity index (χ1) is 8.84. The van der Waals surface area contributed by atoms with Crippen molar-refractivity contribution in [3.8, 4) is 0 Å². The quantitative estimate of drug-likeness (QED) is 0.878. The Kier molecular flexibility index (Phi) is 3.64. The molecule has 1 aromatic rings. The Labute approximate surface area is 110 Å². The van der Waals surface area contributed by atoms with Crippen LogP contribution in [0.25, 0.3) is 0 Å². The van der Waals surface area contributed by atoms with Crippen LogP contribution in [0.3, 0.4) is 0 Å². The van der Waals surface area contributed by atoms with Gasteiger partial charge in [0, 0.05) is 12.2 Å². The van der Waals surface area contributed by atoms with Crippen LogP contribution in [0.4, 0.5) is 0 Å². The zero-order chi connectivity index (χ0) is 12.4. The SMILES string of the molecule is CC(NC1CCc2cccnc21)C1CCCCC1. The zero-order valence-electron chi connectivity index (χ0n) is 11.4. The second kappa shape index (κ2) is 5.40. The number of rotatable bonds is 3. The van der Waals surface area contributed by atoms with Gasteiger partial charge < -0.3 is 5.32 Å². The van der Waals surface area contributed by atoms with Gasteiger partial charge in [-0.2, -0.15) is 0 Å². The molecule has 0 spiro atoms. The Morgan fingerprint density at radius 2 is 2.06 bits per heavy atom. The van der Waals surface area contributed by atoms with Crippen molar-refractivity contribution in [2.75, 3.05) is 0 Å².